The molecule has 0 aliphatic heterocycles. The molecule has 2 aromatic carbocycles. The molecule has 3 rings (SSSR count). The van der Waals surface area contributed by atoms with Crippen LogP contribution in [0.3, 0.4) is 0 Å². The number of rotatable bonds is 1. The summed E-state index contributed by atoms with van der Waals surface area (Å²) in [5.74, 6) is 0.465. The molecular weight excluding hydrogens is 250 g/mol. The number of imidazole rings is 1. The van der Waals surface area contributed by atoms with Gasteiger partial charge in [0.15, 0.2) is 5.82 Å². The van der Waals surface area contributed by atoms with E-state index in [4.69, 9.17) is 17.3 Å². The summed E-state index contributed by atoms with van der Waals surface area (Å²) >= 11 is 5.83. The average molecular weight is 260 g/mol. The highest BCUT2D eigenvalue weighted by Gasteiger charge is 2.11. The third kappa shape index (κ3) is 1.67. The Balaban J connectivity index is 2.23. The largest absolute Gasteiger partial charge is 0.426 e. The summed E-state index contributed by atoms with van der Waals surface area (Å²) in [6.45, 7) is 0. The summed E-state index contributed by atoms with van der Waals surface area (Å²) in [5.41, 5.74) is 8.34. The van der Waals surface area contributed by atoms with Crippen LogP contribution in [0.25, 0.3) is 22.4 Å². The predicted octanol–water partition coefficient (Wildman–Crippen LogP) is 3.18. The molecule has 0 unspecified atom stereocenters. The maximum Gasteiger partial charge on any atom is 0.176 e. The van der Waals surface area contributed by atoms with Crippen LogP contribution in [-0.4, -0.2) is 14.9 Å². The van der Waals surface area contributed by atoms with Crippen molar-refractivity contribution in [2.45, 2.75) is 0 Å². The molecule has 0 bridgehead atoms. The molecule has 3 aromatic rings. The van der Waals surface area contributed by atoms with Crippen LogP contribution in [0, 0.1) is 0 Å². The first-order valence-electron chi connectivity index (χ1n) is 5.38. The highest BCUT2D eigenvalue weighted by atomic mass is 35.5. The van der Waals surface area contributed by atoms with E-state index in [1.54, 1.807) is 42.5 Å². The molecule has 0 aliphatic carbocycles. The number of fused-ring (bicyclic) bond motifs is 1. The number of anilines is 1. The monoisotopic (exact) mass is 259 g/mol. The van der Waals surface area contributed by atoms with Gasteiger partial charge in [-0.1, -0.05) is 11.6 Å². The van der Waals surface area contributed by atoms with Crippen molar-refractivity contribution in [3.8, 4) is 11.4 Å². The Morgan fingerprint density at radius 2 is 1.83 bits per heavy atom. The minimum absolute atomic E-state index is 0.465. The molecule has 0 saturated heterocycles. The molecule has 0 atom stereocenters. The topological polar surface area (TPSA) is 64.1 Å². The van der Waals surface area contributed by atoms with E-state index in [1.807, 2.05) is 0 Å². The van der Waals surface area contributed by atoms with Crippen molar-refractivity contribution in [2.75, 3.05) is 5.73 Å². The third-order valence-electron chi connectivity index (χ3n) is 2.76. The maximum absolute atomic E-state index is 10.1. The Bertz CT molecular complexity index is 719. The van der Waals surface area contributed by atoms with Gasteiger partial charge in [-0.25, -0.2) is 4.98 Å². The molecule has 0 aliphatic rings. The number of nitrogens with two attached hydrogens (primary N) is 1. The van der Waals surface area contributed by atoms with Gasteiger partial charge in [0.1, 0.15) is 5.52 Å². The second-order valence-electron chi connectivity index (χ2n) is 4.00. The number of benzene rings is 2. The standard InChI is InChI=1S/C13H10ClN3O/c14-9-3-1-8(2-4-9)13-16-11-6-5-10(15)7-12(11)17(13)18/h1-7,18H,15H2. The zero-order chi connectivity index (χ0) is 12.7. The molecule has 5 heteroatoms. The number of nitrogen functional groups attached to an aromatic ring is 1. The first-order chi connectivity index (χ1) is 8.65. The molecule has 3 N–H and O–H groups in total. The maximum atomic E-state index is 10.1. The summed E-state index contributed by atoms with van der Waals surface area (Å²) in [6, 6.07) is 12.3. The van der Waals surface area contributed by atoms with E-state index in [0.717, 1.165) is 10.3 Å². The van der Waals surface area contributed by atoms with E-state index < -0.39 is 0 Å². The van der Waals surface area contributed by atoms with E-state index in [-0.39, 0.29) is 0 Å². The van der Waals surface area contributed by atoms with Crippen molar-refractivity contribution in [3.05, 3.63) is 47.5 Å². The summed E-state index contributed by atoms with van der Waals surface area (Å²) in [4.78, 5) is 4.37. The molecule has 0 spiro atoms. The van der Waals surface area contributed by atoms with Gasteiger partial charge >= 0.3 is 0 Å². The number of halogens is 1. The predicted molar refractivity (Wildman–Crippen MR) is 71.8 cm³/mol. The van der Waals surface area contributed by atoms with Gasteiger partial charge in [0.2, 0.25) is 0 Å². The van der Waals surface area contributed by atoms with Gasteiger partial charge in [-0.2, -0.15) is 4.73 Å². The fraction of sp³-hybridized carbons (Fsp3) is 0. The second kappa shape index (κ2) is 3.92. The summed E-state index contributed by atoms with van der Waals surface area (Å²) in [6.07, 6.45) is 0. The van der Waals surface area contributed by atoms with E-state index in [0.29, 0.717) is 27.6 Å². The molecule has 1 heterocycles. The van der Waals surface area contributed by atoms with Crippen molar-refractivity contribution in [1.29, 1.82) is 0 Å². The SMILES string of the molecule is Nc1ccc2nc(-c3ccc(Cl)cc3)n(O)c2c1. The van der Waals surface area contributed by atoms with Crippen LogP contribution >= 0.6 is 11.6 Å². The van der Waals surface area contributed by atoms with Gasteiger partial charge in [-0.15, -0.1) is 0 Å². The lowest BCUT2D eigenvalue weighted by molar-refractivity contribution is 0.203. The Labute approximate surface area is 108 Å². The summed E-state index contributed by atoms with van der Waals surface area (Å²) < 4.78 is 1.04. The van der Waals surface area contributed by atoms with Crippen molar-refractivity contribution in [2.24, 2.45) is 0 Å². The van der Waals surface area contributed by atoms with Crippen LogP contribution < -0.4 is 5.73 Å². The molecule has 1 aromatic heterocycles. The number of hydrogen-bond donors (Lipinski definition) is 2. The van der Waals surface area contributed by atoms with Gasteiger partial charge in [0.05, 0.1) is 5.52 Å². The second-order valence-corrected chi connectivity index (χ2v) is 4.44. The van der Waals surface area contributed by atoms with E-state index in [1.165, 1.54) is 0 Å². The van der Waals surface area contributed by atoms with E-state index in [2.05, 4.69) is 4.98 Å². The lowest BCUT2D eigenvalue weighted by Crippen LogP contribution is -1.94. The number of hydrogen-bond acceptors (Lipinski definition) is 3. The van der Waals surface area contributed by atoms with Crippen molar-refractivity contribution in [1.82, 2.24) is 9.71 Å². The molecule has 90 valence electrons. The highest BCUT2D eigenvalue weighted by Crippen LogP contribution is 2.25. The van der Waals surface area contributed by atoms with Gasteiger partial charge in [0, 0.05) is 16.3 Å². The Morgan fingerprint density at radius 3 is 2.56 bits per heavy atom. The van der Waals surface area contributed by atoms with E-state index >= 15 is 0 Å². The summed E-state index contributed by atoms with van der Waals surface area (Å²) in [5, 5.41) is 10.7. The van der Waals surface area contributed by atoms with Gasteiger partial charge in [-0.05, 0) is 42.5 Å². The van der Waals surface area contributed by atoms with Gasteiger partial charge in [0.25, 0.3) is 0 Å². The highest BCUT2D eigenvalue weighted by molar-refractivity contribution is 6.30. The van der Waals surface area contributed by atoms with Gasteiger partial charge < -0.3 is 10.9 Å². The zero-order valence-corrected chi connectivity index (χ0v) is 10.1. The fourth-order valence-corrected chi connectivity index (χ4v) is 1.99. The van der Waals surface area contributed by atoms with Crippen molar-refractivity contribution < 1.29 is 5.21 Å². The first-order valence-corrected chi connectivity index (χ1v) is 5.76. The first kappa shape index (κ1) is 10.9. The average Bonchev–Trinajstić information content (AvgIpc) is 2.68. The number of nitrogens with zero attached hydrogens (tertiary/aromatic N) is 2. The Kier molecular flexibility index (Phi) is 2.38. The normalized spacial score (nSPS) is 10.9. The van der Waals surface area contributed by atoms with Crippen molar-refractivity contribution in [3.63, 3.8) is 0 Å². The molecule has 0 amide bonds. The lowest BCUT2D eigenvalue weighted by Gasteiger charge is -2.01. The zero-order valence-electron chi connectivity index (χ0n) is 9.34. The van der Waals surface area contributed by atoms with Crippen LogP contribution in [0.1, 0.15) is 0 Å². The Hall–Kier alpha value is -2.20. The summed E-state index contributed by atoms with van der Waals surface area (Å²) in [7, 11) is 0. The van der Waals surface area contributed by atoms with E-state index in [9.17, 15) is 5.21 Å². The van der Waals surface area contributed by atoms with Gasteiger partial charge in [-0.3, -0.25) is 0 Å². The number of aromatic nitrogens is 2. The minimum Gasteiger partial charge on any atom is -0.426 e. The van der Waals surface area contributed by atoms with Crippen LogP contribution in [-0.2, 0) is 0 Å². The van der Waals surface area contributed by atoms with Crippen LogP contribution in [0.5, 0.6) is 0 Å². The molecule has 0 saturated carbocycles. The molecule has 0 fully saturated rings. The lowest BCUT2D eigenvalue weighted by atomic mass is 10.2. The Morgan fingerprint density at radius 1 is 1.11 bits per heavy atom. The van der Waals surface area contributed by atoms with Crippen LogP contribution in [0.2, 0.25) is 5.02 Å². The fourth-order valence-electron chi connectivity index (χ4n) is 1.87. The quantitative estimate of drug-likeness (QED) is 0.521. The van der Waals surface area contributed by atoms with Crippen molar-refractivity contribution >= 4 is 28.3 Å². The molecule has 0 radical (unpaired) electrons. The minimum atomic E-state index is 0.465. The molecule has 18 heavy (non-hydrogen) atoms. The molecule has 4 nitrogen and oxygen atoms in total. The smallest absolute Gasteiger partial charge is 0.176 e. The third-order valence-corrected chi connectivity index (χ3v) is 3.01. The van der Waals surface area contributed by atoms with Crippen LogP contribution in [0.4, 0.5) is 5.69 Å². The molecular formula is C13H10ClN3O. The van der Waals surface area contributed by atoms with Crippen LogP contribution in [0.15, 0.2) is 42.5 Å².